The first-order valence-corrected chi connectivity index (χ1v) is 11.5. The van der Waals surface area contributed by atoms with Gasteiger partial charge in [0.15, 0.2) is 0 Å². The lowest BCUT2D eigenvalue weighted by Crippen LogP contribution is -2.38. The van der Waals surface area contributed by atoms with Crippen LogP contribution in [0.2, 0.25) is 0 Å². The number of nitro benzene ring substituents is 1. The Morgan fingerprint density at radius 1 is 1.03 bits per heavy atom. The number of rotatable bonds is 9. The Labute approximate surface area is 191 Å². The second-order valence-corrected chi connectivity index (χ2v) is 8.87. The highest BCUT2D eigenvalue weighted by atomic mass is 32.2. The van der Waals surface area contributed by atoms with Crippen molar-refractivity contribution in [2.45, 2.75) is 18.7 Å². The van der Waals surface area contributed by atoms with E-state index in [0.717, 1.165) is 4.31 Å². The van der Waals surface area contributed by atoms with Crippen LogP contribution >= 0.6 is 0 Å². The van der Waals surface area contributed by atoms with E-state index in [9.17, 15) is 23.3 Å². The molecule has 0 spiro atoms. The molecule has 10 heteroatoms. The number of carbonyl (C=O) groups is 1. The maximum Gasteiger partial charge on any atom is 0.274 e. The van der Waals surface area contributed by atoms with Gasteiger partial charge in [0.1, 0.15) is 12.3 Å². The van der Waals surface area contributed by atoms with Gasteiger partial charge in [0, 0.05) is 6.07 Å². The van der Waals surface area contributed by atoms with Crippen molar-refractivity contribution >= 4 is 33.0 Å². The SMILES string of the molecule is CCOc1ccc(N(CC(=O)Nc2cccc([N+](=O)[O-])c2C)S(=O)(=O)c2ccccc2)cc1. The van der Waals surface area contributed by atoms with Crippen LogP contribution < -0.4 is 14.4 Å². The molecule has 33 heavy (non-hydrogen) atoms. The second-order valence-electron chi connectivity index (χ2n) is 7.01. The molecule has 9 nitrogen and oxygen atoms in total. The van der Waals surface area contributed by atoms with E-state index in [-0.39, 0.29) is 27.5 Å². The number of nitrogens with zero attached hydrogens (tertiary/aromatic N) is 2. The molecule has 0 aliphatic heterocycles. The van der Waals surface area contributed by atoms with E-state index in [2.05, 4.69) is 5.32 Å². The minimum Gasteiger partial charge on any atom is -0.494 e. The number of anilines is 2. The molecule has 0 aliphatic carbocycles. The molecule has 3 aromatic rings. The number of hydrogen-bond donors (Lipinski definition) is 1. The Morgan fingerprint density at radius 3 is 2.30 bits per heavy atom. The van der Waals surface area contributed by atoms with E-state index >= 15 is 0 Å². The standard InChI is InChI=1S/C23H23N3O6S/c1-3-32-19-14-12-18(13-15-19)25(33(30,31)20-8-5-4-6-9-20)16-23(27)24-21-10-7-11-22(17(21)2)26(28)29/h4-15H,3,16H2,1-2H3,(H,24,27). The summed E-state index contributed by atoms with van der Waals surface area (Å²) >= 11 is 0. The Morgan fingerprint density at radius 2 is 1.70 bits per heavy atom. The van der Waals surface area contributed by atoms with Crippen molar-refractivity contribution in [3.05, 3.63) is 88.5 Å². The van der Waals surface area contributed by atoms with Crippen LogP contribution in [0.15, 0.2) is 77.7 Å². The maximum atomic E-state index is 13.4. The summed E-state index contributed by atoms with van der Waals surface area (Å²) in [5.74, 6) is -0.0815. The molecule has 3 rings (SSSR count). The van der Waals surface area contributed by atoms with Crippen LogP contribution in [0.3, 0.4) is 0 Å². The molecule has 0 atom stereocenters. The number of sulfonamides is 1. The lowest BCUT2D eigenvalue weighted by atomic mass is 10.1. The topological polar surface area (TPSA) is 119 Å². The van der Waals surface area contributed by atoms with E-state index < -0.39 is 27.4 Å². The average Bonchev–Trinajstić information content (AvgIpc) is 2.80. The van der Waals surface area contributed by atoms with Crippen molar-refractivity contribution in [2.75, 3.05) is 22.8 Å². The van der Waals surface area contributed by atoms with Gasteiger partial charge >= 0.3 is 0 Å². The van der Waals surface area contributed by atoms with Crippen LogP contribution in [-0.4, -0.2) is 32.4 Å². The molecule has 1 N–H and O–H groups in total. The van der Waals surface area contributed by atoms with E-state index in [0.29, 0.717) is 12.4 Å². The highest BCUT2D eigenvalue weighted by Crippen LogP contribution is 2.27. The number of benzene rings is 3. The largest absolute Gasteiger partial charge is 0.494 e. The monoisotopic (exact) mass is 469 g/mol. The molecule has 0 bridgehead atoms. The van der Waals surface area contributed by atoms with E-state index in [1.54, 1.807) is 42.5 Å². The first-order chi connectivity index (χ1) is 15.7. The van der Waals surface area contributed by atoms with Gasteiger partial charge in [-0.05, 0) is 56.3 Å². The molecule has 0 aromatic heterocycles. The zero-order valence-electron chi connectivity index (χ0n) is 18.1. The molecule has 0 fully saturated rings. The fourth-order valence-corrected chi connectivity index (χ4v) is 4.63. The van der Waals surface area contributed by atoms with Crippen LogP contribution in [0.5, 0.6) is 5.75 Å². The van der Waals surface area contributed by atoms with Gasteiger partial charge in [-0.2, -0.15) is 0 Å². The highest BCUT2D eigenvalue weighted by Gasteiger charge is 2.27. The van der Waals surface area contributed by atoms with Gasteiger partial charge in [0.05, 0.1) is 33.4 Å². The normalized spacial score (nSPS) is 11.0. The van der Waals surface area contributed by atoms with Crippen LogP contribution in [0.25, 0.3) is 0 Å². The molecule has 0 saturated heterocycles. The van der Waals surface area contributed by atoms with Gasteiger partial charge in [-0.3, -0.25) is 19.2 Å². The van der Waals surface area contributed by atoms with Crippen LogP contribution in [0.1, 0.15) is 12.5 Å². The van der Waals surface area contributed by atoms with Crippen molar-refractivity contribution in [3.8, 4) is 5.75 Å². The fraction of sp³-hybridized carbons (Fsp3) is 0.174. The Bertz CT molecular complexity index is 1240. The number of nitro groups is 1. The number of carbonyl (C=O) groups excluding carboxylic acids is 1. The highest BCUT2D eigenvalue weighted by molar-refractivity contribution is 7.92. The summed E-state index contributed by atoms with van der Waals surface area (Å²) in [5.41, 5.74) is 0.633. The van der Waals surface area contributed by atoms with Gasteiger partial charge < -0.3 is 10.1 Å². The molecule has 0 saturated carbocycles. The van der Waals surface area contributed by atoms with Gasteiger partial charge in [-0.1, -0.05) is 24.3 Å². The minimum atomic E-state index is -4.07. The fourth-order valence-electron chi connectivity index (χ4n) is 3.19. The summed E-state index contributed by atoms with van der Waals surface area (Å²) < 4.78 is 33.1. The molecule has 0 radical (unpaired) electrons. The first-order valence-electron chi connectivity index (χ1n) is 10.1. The van der Waals surface area contributed by atoms with Gasteiger partial charge in [0.2, 0.25) is 5.91 Å². The van der Waals surface area contributed by atoms with Crippen molar-refractivity contribution in [2.24, 2.45) is 0 Å². The Kier molecular flexibility index (Phi) is 7.29. The quantitative estimate of drug-likeness (QED) is 0.372. The van der Waals surface area contributed by atoms with Crippen LogP contribution in [-0.2, 0) is 14.8 Å². The summed E-state index contributed by atoms with van der Waals surface area (Å²) in [5, 5.41) is 13.8. The van der Waals surface area contributed by atoms with Crippen molar-refractivity contribution in [3.63, 3.8) is 0 Å². The summed E-state index contributed by atoms with van der Waals surface area (Å²) in [6.07, 6.45) is 0. The molecule has 0 aliphatic rings. The van der Waals surface area contributed by atoms with Crippen molar-refractivity contribution < 1.29 is 22.9 Å². The maximum absolute atomic E-state index is 13.4. The summed E-state index contributed by atoms with van der Waals surface area (Å²) in [6, 6.07) is 18.4. The Balaban J connectivity index is 1.94. The van der Waals surface area contributed by atoms with Gasteiger partial charge in [0.25, 0.3) is 15.7 Å². The smallest absolute Gasteiger partial charge is 0.274 e. The zero-order chi connectivity index (χ0) is 24.0. The lowest BCUT2D eigenvalue weighted by Gasteiger charge is -2.24. The minimum absolute atomic E-state index is 0.0261. The van der Waals surface area contributed by atoms with Gasteiger partial charge in [-0.25, -0.2) is 8.42 Å². The summed E-state index contributed by atoms with van der Waals surface area (Å²) in [7, 11) is -4.07. The second kappa shape index (κ2) is 10.1. The van der Waals surface area contributed by atoms with Crippen LogP contribution in [0.4, 0.5) is 17.1 Å². The molecule has 172 valence electrons. The average molecular weight is 470 g/mol. The lowest BCUT2D eigenvalue weighted by molar-refractivity contribution is -0.385. The molecule has 1 amide bonds. The third kappa shape index (κ3) is 5.47. The molecule has 3 aromatic carbocycles. The number of ether oxygens (including phenoxy) is 1. The zero-order valence-corrected chi connectivity index (χ0v) is 18.9. The Hall–Kier alpha value is -3.92. The summed E-state index contributed by atoms with van der Waals surface area (Å²) in [4.78, 5) is 23.5. The predicted molar refractivity (Wildman–Crippen MR) is 125 cm³/mol. The summed E-state index contributed by atoms with van der Waals surface area (Å²) in [6.45, 7) is 3.27. The van der Waals surface area contributed by atoms with Gasteiger partial charge in [-0.15, -0.1) is 0 Å². The van der Waals surface area contributed by atoms with E-state index in [1.807, 2.05) is 6.92 Å². The van der Waals surface area contributed by atoms with Crippen LogP contribution in [0, 0.1) is 17.0 Å². The molecule has 0 unspecified atom stereocenters. The van der Waals surface area contributed by atoms with E-state index in [4.69, 9.17) is 4.74 Å². The predicted octanol–water partition coefficient (Wildman–Crippen LogP) is 4.14. The third-order valence-corrected chi connectivity index (χ3v) is 6.62. The molecular weight excluding hydrogens is 446 g/mol. The number of nitrogens with one attached hydrogen (secondary N) is 1. The molecule has 0 heterocycles. The third-order valence-electron chi connectivity index (χ3n) is 4.83. The number of amides is 1. The number of hydrogen-bond acceptors (Lipinski definition) is 6. The van der Waals surface area contributed by atoms with E-state index in [1.165, 1.54) is 37.3 Å². The molecular formula is C23H23N3O6S. The van der Waals surface area contributed by atoms with Crippen molar-refractivity contribution in [1.82, 2.24) is 0 Å². The first kappa shape index (κ1) is 23.7. The van der Waals surface area contributed by atoms with Crippen molar-refractivity contribution in [1.29, 1.82) is 0 Å².